The molecule has 1 unspecified atom stereocenters. The lowest BCUT2D eigenvalue weighted by Crippen LogP contribution is -2.21. The normalized spacial score (nSPS) is 15.3. The molecule has 3 aromatic carbocycles. The quantitative estimate of drug-likeness (QED) is 0.225. The molecule has 0 aromatic heterocycles. The minimum absolute atomic E-state index is 0.0388. The lowest BCUT2D eigenvalue weighted by Gasteiger charge is -2.27. The highest BCUT2D eigenvalue weighted by atomic mass is 35.5. The number of hydrogen-bond acceptors (Lipinski definition) is 5. The largest absolute Gasteiger partial charge is 0.440 e. The monoisotopic (exact) mass is 518 g/mol. The van der Waals surface area contributed by atoms with E-state index < -0.39 is 11.9 Å². The van der Waals surface area contributed by atoms with Gasteiger partial charge in [-0.1, -0.05) is 80.4 Å². The Bertz CT molecular complexity index is 1430. The van der Waals surface area contributed by atoms with Crippen molar-refractivity contribution >= 4 is 35.2 Å². The first-order chi connectivity index (χ1) is 17.1. The van der Waals surface area contributed by atoms with Gasteiger partial charge in [0.1, 0.15) is 23.1 Å². The number of benzene rings is 3. The molecule has 0 bridgehead atoms. The molecule has 0 radical (unpaired) electrons. The fourth-order valence-corrected chi connectivity index (χ4v) is 4.48. The van der Waals surface area contributed by atoms with Crippen LogP contribution in [0.3, 0.4) is 0 Å². The van der Waals surface area contributed by atoms with Crippen molar-refractivity contribution in [1.29, 1.82) is 5.26 Å². The summed E-state index contributed by atoms with van der Waals surface area (Å²) in [7, 11) is 0. The molecule has 0 saturated carbocycles. The lowest BCUT2D eigenvalue weighted by atomic mass is 9.83. The number of allylic oxidation sites excluding steroid dienone is 1. The first-order valence-corrected chi connectivity index (χ1v) is 12.0. The summed E-state index contributed by atoms with van der Waals surface area (Å²) in [5, 5.41) is 10.6. The highest BCUT2D eigenvalue weighted by molar-refractivity contribution is 6.35. The highest BCUT2D eigenvalue weighted by Crippen LogP contribution is 2.45. The van der Waals surface area contributed by atoms with Crippen LogP contribution in [0.15, 0.2) is 78.2 Å². The molecule has 0 amide bonds. The van der Waals surface area contributed by atoms with Gasteiger partial charge in [0.05, 0.1) is 5.92 Å². The predicted octanol–water partition coefficient (Wildman–Crippen LogP) is 7.13. The summed E-state index contributed by atoms with van der Waals surface area (Å²) in [6, 6.07) is 20.1. The van der Waals surface area contributed by atoms with E-state index in [0.717, 1.165) is 5.56 Å². The number of nitrogens with two attached hydrogens (primary N) is 1. The van der Waals surface area contributed by atoms with E-state index in [9.17, 15) is 10.1 Å². The summed E-state index contributed by atoms with van der Waals surface area (Å²) >= 11 is 12.5. The number of fused-ring (bicyclic) bond motifs is 1. The van der Waals surface area contributed by atoms with Gasteiger partial charge in [-0.2, -0.15) is 5.26 Å². The Morgan fingerprint density at radius 3 is 2.39 bits per heavy atom. The molecule has 182 valence electrons. The number of esters is 1. The predicted molar refractivity (Wildman–Crippen MR) is 142 cm³/mol. The topological polar surface area (TPSA) is 85.3 Å². The van der Waals surface area contributed by atoms with Crippen LogP contribution in [0.5, 0.6) is 11.5 Å². The van der Waals surface area contributed by atoms with Crippen molar-refractivity contribution in [2.24, 2.45) is 5.73 Å². The van der Waals surface area contributed by atoms with Gasteiger partial charge < -0.3 is 15.2 Å². The Morgan fingerprint density at radius 1 is 1.06 bits per heavy atom. The zero-order valence-corrected chi connectivity index (χ0v) is 21.5. The number of ether oxygens (including phenoxy) is 2. The molecular weight excluding hydrogens is 495 g/mol. The molecule has 0 spiro atoms. The second kappa shape index (κ2) is 10.1. The Labute approximate surface area is 220 Å². The fraction of sp³-hybridized carbons (Fsp3) is 0.172. The maximum atomic E-state index is 12.4. The minimum Gasteiger partial charge on any atom is -0.440 e. The molecule has 1 atom stereocenters. The van der Waals surface area contributed by atoms with E-state index >= 15 is 0 Å². The van der Waals surface area contributed by atoms with Crippen LogP contribution in [-0.2, 0) is 10.2 Å². The van der Waals surface area contributed by atoms with Gasteiger partial charge in [0.25, 0.3) is 0 Å². The van der Waals surface area contributed by atoms with Crippen LogP contribution in [0.2, 0.25) is 10.0 Å². The molecule has 3 aromatic rings. The molecular formula is C29H24Cl2N2O3. The first-order valence-electron chi connectivity index (χ1n) is 11.2. The third-order valence-electron chi connectivity index (χ3n) is 5.87. The van der Waals surface area contributed by atoms with Gasteiger partial charge in [0.2, 0.25) is 5.88 Å². The van der Waals surface area contributed by atoms with Crippen LogP contribution in [-0.4, -0.2) is 5.97 Å². The number of nitrogens with zero attached hydrogens (tertiary/aromatic N) is 1. The zero-order valence-electron chi connectivity index (χ0n) is 20.0. The maximum absolute atomic E-state index is 12.4. The molecule has 1 aliphatic heterocycles. The lowest BCUT2D eigenvalue weighted by molar-refractivity contribution is -0.128. The molecule has 36 heavy (non-hydrogen) atoms. The van der Waals surface area contributed by atoms with Crippen LogP contribution in [0.4, 0.5) is 0 Å². The second-order valence-electron chi connectivity index (χ2n) is 9.42. The molecule has 5 nitrogen and oxygen atoms in total. The number of rotatable bonds is 4. The molecule has 1 aliphatic rings. The van der Waals surface area contributed by atoms with Crippen molar-refractivity contribution in [3.05, 3.63) is 110 Å². The van der Waals surface area contributed by atoms with Crippen LogP contribution in [0.1, 0.15) is 48.9 Å². The van der Waals surface area contributed by atoms with Crippen molar-refractivity contribution in [3.63, 3.8) is 0 Å². The molecule has 2 N–H and O–H groups in total. The average Bonchev–Trinajstić information content (AvgIpc) is 2.82. The van der Waals surface area contributed by atoms with Gasteiger partial charge in [-0.15, -0.1) is 0 Å². The van der Waals surface area contributed by atoms with E-state index in [1.165, 1.54) is 11.6 Å². The van der Waals surface area contributed by atoms with Crippen LogP contribution in [0.25, 0.3) is 6.08 Å². The van der Waals surface area contributed by atoms with Crippen LogP contribution in [0, 0.1) is 11.3 Å². The molecule has 7 heteroatoms. The van der Waals surface area contributed by atoms with E-state index in [-0.39, 0.29) is 22.6 Å². The smallest absolute Gasteiger partial charge is 0.336 e. The average molecular weight is 519 g/mol. The van der Waals surface area contributed by atoms with Crippen molar-refractivity contribution in [3.8, 4) is 17.6 Å². The van der Waals surface area contributed by atoms with Gasteiger partial charge in [-0.25, -0.2) is 4.79 Å². The number of halogens is 2. The minimum atomic E-state index is -0.552. The van der Waals surface area contributed by atoms with Gasteiger partial charge in [0, 0.05) is 27.8 Å². The van der Waals surface area contributed by atoms with E-state index in [4.69, 9.17) is 38.4 Å². The van der Waals surface area contributed by atoms with E-state index in [1.54, 1.807) is 42.5 Å². The summed E-state index contributed by atoms with van der Waals surface area (Å²) in [5.74, 6) is -0.480. The van der Waals surface area contributed by atoms with E-state index in [1.807, 2.05) is 24.3 Å². The Morgan fingerprint density at radius 2 is 1.75 bits per heavy atom. The number of carbonyl (C=O) groups is 1. The first kappa shape index (κ1) is 25.4. The van der Waals surface area contributed by atoms with Gasteiger partial charge >= 0.3 is 5.97 Å². The molecule has 4 rings (SSSR count). The van der Waals surface area contributed by atoms with E-state index in [0.29, 0.717) is 26.9 Å². The summed E-state index contributed by atoms with van der Waals surface area (Å²) in [6.45, 7) is 6.44. The summed E-state index contributed by atoms with van der Waals surface area (Å²) in [6.07, 6.45) is 3.06. The maximum Gasteiger partial charge on any atom is 0.336 e. The third kappa shape index (κ3) is 5.41. The molecule has 0 saturated heterocycles. The molecule has 1 heterocycles. The summed E-state index contributed by atoms with van der Waals surface area (Å²) in [4.78, 5) is 12.4. The fourth-order valence-electron chi connectivity index (χ4n) is 3.96. The summed E-state index contributed by atoms with van der Waals surface area (Å²) in [5.41, 5.74) is 9.77. The van der Waals surface area contributed by atoms with Crippen LogP contribution < -0.4 is 15.2 Å². The van der Waals surface area contributed by atoms with Crippen molar-refractivity contribution in [2.75, 3.05) is 0 Å². The van der Waals surface area contributed by atoms with Crippen molar-refractivity contribution in [2.45, 2.75) is 32.1 Å². The third-order valence-corrected chi connectivity index (χ3v) is 6.43. The second-order valence-corrected chi connectivity index (χ2v) is 10.3. The number of hydrogen-bond donors (Lipinski definition) is 1. The molecule has 0 aliphatic carbocycles. The molecule has 0 fully saturated rings. The number of carbonyl (C=O) groups excluding carboxylic acids is 1. The van der Waals surface area contributed by atoms with Gasteiger partial charge in [-0.05, 0) is 46.4 Å². The number of nitriles is 1. The Hall–Kier alpha value is -3.72. The van der Waals surface area contributed by atoms with Gasteiger partial charge in [0.15, 0.2) is 0 Å². The van der Waals surface area contributed by atoms with Crippen molar-refractivity contribution in [1.82, 2.24) is 0 Å². The Kier molecular flexibility index (Phi) is 7.12. The summed E-state index contributed by atoms with van der Waals surface area (Å²) < 4.78 is 11.2. The van der Waals surface area contributed by atoms with E-state index in [2.05, 4.69) is 26.8 Å². The van der Waals surface area contributed by atoms with Crippen molar-refractivity contribution < 1.29 is 14.3 Å². The van der Waals surface area contributed by atoms with Gasteiger partial charge in [-0.3, -0.25) is 0 Å². The highest BCUT2D eigenvalue weighted by Gasteiger charge is 2.32. The standard InChI is InChI=1S/C29H24Cl2N2O3/c1-29(2,3)18-7-4-17(5-8-18)6-13-26(34)35-20-10-12-22-25(15-20)36-28(33)23(16-32)27(22)21-11-9-19(30)14-24(21)31/h4-15,27H,33H2,1-3H3/b13-6+. The Balaban J connectivity index is 1.56. The van der Waals surface area contributed by atoms with Crippen LogP contribution >= 0.6 is 23.2 Å². The SMILES string of the molecule is CC(C)(C)c1ccc(/C=C/C(=O)Oc2ccc3c(c2)OC(N)=C(C#N)C3c2ccc(Cl)cc2Cl)cc1. The zero-order chi connectivity index (χ0) is 26.0.